The predicted molar refractivity (Wildman–Crippen MR) is 110 cm³/mol. The maximum atomic E-state index is 6.91. The molecule has 5 nitrogen and oxygen atoms in total. The van der Waals surface area contributed by atoms with Crippen molar-refractivity contribution in [2.75, 3.05) is 34.9 Å². The van der Waals surface area contributed by atoms with Crippen LogP contribution < -0.4 is 9.47 Å². The molecule has 2 fully saturated rings. The number of benzene rings is 1. The van der Waals surface area contributed by atoms with Crippen LogP contribution in [0.1, 0.15) is 30.9 Å². The molecule has 2 heterocycles. The molecule has 1 aromatic rings. The quantitative estimate of drug-likeness (QED) is 0.731. The van der Waals surface area contributed by atoms with Gasteiger partial charge in [-0.1, -0.05) is 18.2 Å². The largest absolute Gasteiger partial charge is 0.493 e. The van der Waals surface area contributed by atoms with E-state index >= 15 is 0 Å². The van der Waals surface area contributed by atoms with Gasteiger partial charge in [-0.2, -0.15) is 0 Å². The molecule has 4 bridgehead atoms. The summed E-state index contributed by atoms with van der Waals surface area (Å²) in [5.41, 5.74) is 2.31. The zero-order valence-electron chi connectivity index (χ0n) is 18.0. The summed E-state index contributed by atoms with van der Waals surface area (Å²) in [7, 11) is 7.69. The highest BCUT2D eigenvalue weighted by molar-refractivity contribution is 5.65. The molecule has 7 atom stereocenters. The second-order valence-electron chi connectivity index (χ2n) is 9.73. The summed E-state index contributed by atoms with van der Waals surface area (Å²) in [4.78, 5) is 2.58. The van der Waals surface area contributed by atoms with E-state index in [0.29, 0.717) is 6.04 Å². The molecule has 0 amide bonds. The molecular weight excluding hydrogens is 366 g/mol. The molecule has 5 heteroatoms. The molecule has 1 saturated heterocycles. The standard InChI is InChI=1S/C24H31NO4/c1-14(26-3)16-13-22-8-9-24(16,28-5)21-23(22)10-11-25(2)18(22)12-15-6-7-17(27-4)20(29-21)19(15)23/h6-9,14,16,18,21H,10-13H2,1-5H3/t14-,16-,18-,21+,22-,23+,24-/m1/s1. The lowest BCUT2D eigenvalue weighted by atomic mass is 9.37. The van der Waals surface area contributed by atoms with Gasteiger partial charge in [-0.05, 0) is 51.4 Å². The summed E-state index contributed by atoms with van der Waals surface area (Å²) in [6, 6.07) is 4.82. The Morgan fingerprint density at radius 3 is 2.76 bits per heavy atom. The smallest absolute Gasteiger partial charge is 0.166 e. The van der Waals surface area contributed by atoms with E-state index in [2.05, 4.69) is 43.2 Å². The highest BCUT2D eigenvalue weighted by Gasteiger charge is 2.79. The molecule has 156 valence electrons. The van der Waals surface area contributed by atoms with Crippen molar-refractivity contribution >= 4 is 0 Å². The zero-order valence-corrected chi connectivity index (χ0v) is 18.0. The number of hydrogen-bond acceptors (Lipinski definition) is 5. The van der Waals surface area contributed by atoms with Crippen molar-refractivity contribution in [2.24, 2.45) is 11.3 Å². The minimum atomic E-state index is -0.490. The van der Waals surface area contributed by atoms with E-state index in [1.165, 1.54) is 11.1 Å². The number of nitrogens with zero attached hydrogens (tertiary/aromatic N) is 1. The lowest BCUT2D eigenvalue weighted by Crippen LogP contribution is -2.79. The molecule has 1 aromatic carbocycles. The summed E-state index contributed by atoms with van der Waals surface area (Å²) in [5, 5.41) is 0. The molecule has 0 radical (unpaired) electrons. The molecule has 7 rings (SSSR count). The Labute approximate surface area is 172 Å². The van der Waals surface area contributed by atoms with Crippen molar-refractivity contribution in [3.63, 3.8) is 0 Å². The van der Waals surface area contributed by atoms with Gasteiger partial charge >= 0.3 is 0 Å². The van der Waals surface area contributed by atoms with Gasteiger partial charge in [0.05, 0.1) is 18.6 Å². The van der Waals surface area contributed by atoms with Crippen LogP contribution in [0.25, 0.3) is 0 Å². The number of ether oxygens (including phenoxy) is 4. The van der Waals surface area contributed by atoms with E-state index in [-0.39, 0.29) is 29.0 Å². The first-order valence-electron chi connectivity index (χ1n) is 10.8. The molecule has 4 aliphatic carbocycles. The average molecular weight is 398 g/mol. The van der Waals surface area contributed by atoms with E-state index in [0.717, 1.165) is 37.3 Å². The maximum absolute atomic E-state index is 6.91. The third-order valence-corrected chi connectivity index (χ3v) is 9.27. The lowest BCUT2D eigenvalue weighted by molar-refractivity contribution is -0.231. The zero-order chi connectivity index (χ0) is 20.2. The Bertz CT molecular complexity index is 914. The van der Waals surface area contributed by atoms with Crippen LogP contribution in [0, 0.1) is 11.3 Å². The van der Waals surface area contributed by atoms with E-state index < -0.39 is 5.60 Å². The summed E-state index contributed by atoms with van der Waals surface area (Å²) in [5.74, 6) is 2.05. The first-order valence-corrected chi connectivity index (χ1v) is 10.8. The van der Waals surface area contributed by atoms with Crippen molar-refractivity contribution in [1.82, 2.24) is 4.90 Å². The van der Waals surface area contributed by atoms with E-state index in [1.807, 2.05) is 14.2 Å². The van der Waals surface area contributed by atoms with E-state index in [1.54, 1.807) is 7.11 Å². The predicted octanol–water partition coefficient (Wildman–Crippen LogP) is 2.95. The molecule has 0 N–H and O–H groups in total. The van der Waals surface area contributed by atoms with Gasteiger partial charge in [-0.15, -0.1) is 0 Å². The number of fused-ring (bicyclic) bond motifs is 1. The van der Waals surface area contributed by atoms with Gasteiger partial charge in [0.15, 0.2) is 11.5 Å². The first kappa shape index (κ1) is 18.2. The van der Waals surface area contributed by atoms with Crippen LogP contribution in [0.5, 0.6) is 11.5 Å². The number of piperidine rings is 1. The van der Waals surface area contributed by atoms with Crippen molar-refractivity contribution in [2.45, 2.75) is 55.5 Å². The number of likely N-dealkylation sites (tertiary alicyclic amines) is 1. The molecule has 2 spiro atoms. The van der Waals surface area contributed by atoms with Crippen LogP contribution in [0.15, 0.2) is 24.3 Å². The topological polar surface area (TPSA) is 40.2 Å². The maximum Gasteiger partial charge on any atom is 0.166 e. The minimum Gasteiger partial charge on any atom is -0.493 e. The van der Waals surface area contributed by atoms with Crippen molar-refractivity contribution in [1.29, 1.82) is 0 Å². The second kappa shape index (κ2) is 5.57. The van der Waals surface area contributed by atoms with Crippen LogP contribution in [0.4, 0.5) is 0 Å². The normalized spacial score (nSPS) is 44.4. The number of rotatable bonds is 4. The van der Waals surface area contributed by atoms with E-state index in [4.69, 9.17) is 18.9 Å². The molecule has 6 aliphatic rings. The monoisotopic (exact) mass is 397 g/mol. The molecular formula is C24H31NO4. The Hall–Kier alpha value is -1.56. The van der Waals surface area contributed by atoms with Gasteiger partial charge in [0.25, 0.3) is 0 Å². The third-order valence-electron chi connectivity index (χ3n) is 9.27. The van der Waals surface area contributed by atoms with Gasteiger partial charge < -0.3 is 23.8 Å². The van der Waals surface area contributed by atoms with Gasteiger partial charge in [0.2, 0.25) is 0 Å². The second-order valence-corrected chi connectivity index (χ2v) is 9.73. The Morgan fingerprint density at radius 2 is 2.03 bits per heavy atom. The Morgan fingerprint density at radius 1 is 1.21 bits per heavy atom. The van der Waals surface area contributed by atoms with Crippen molar-refractivity contribution < 1.29 is 18.9 Å². The van der Waals surface area contributed by atoms with Gasteiger partial charge in [-0.3, -0.25) is 0 Å². The Kier molecular flexibility index (Phi) is 3.50. The molecule has 0 aromatic heterocycles. The molecule has 0 unspecified atom stereocenters. The van der Waals surface area contributed by atoms with Crippen LogP contribution in [-0.2, 0) is 21.3 Å². The number of likely N-dealkylation sites (N-methyl/N-ethyl adjacent to an activating group) is 1. The van der Waals surface area contributed by atoms with Crippen molar-refractivity contribution in [3.05, 3.63) is 35.4 Å². The first-order chi connectivity index (χ1) is 14.0. The molecule has 29 heavy (non-hydrogen) atoms. The summed E-state index contributed by atoms with van der Waals surface area (Å²) in [6.07, 6.45) is 8.08. The van der Waals surface area contributed by atoms with Crippen molar-refractivity contribution in [3.8, 4) is 11.5 Å². The van der Waals surface area contributed by atoms with Crippen LogP contribution >= 0.6 is 0 Å². The fraction of sp³-hybridized carbons (Fsp3) is 0.667. The fourth-order valence-corrected chi connectivity index (χ4v) is 7.96. The summed E-state index contributed by atoms with van der Waals surface area (Å²) < 4.78 is 24.9. The van der Waals surface area contributed by atoms with Gasteiger partial charge in [-0.25, -0.2) is 0 Å². The Balaban J connectivity index is 1.68. The number of hydrogen-bond donors (Lipinski definition) is 0. The van der Waals surface area contributed by atoms with Crippen LogP contribution in [-0.4, -0.2) is 63.7 Å². The minimum absolute atomic E-state index is 0.0347. The highest BCUT2D eigenvalue weighted by atomic mass is 16.6. The van der Waals surface area contributed by atoms with Gasteiger partial charge in [0.1, 0.15) is 11.7 Å². The number of methoxy groups -OCH3 is 3. The third kappa shape index (κ3) is 1.73. The lowest BCUT2D eigenvalue weighted by Gasteiger charge is -2.71. The molecule has 1 saturated carbocycles. The highest BCUT2D eigenvalue weighted by Crippen LogP contribution is 2.74. The van der Waals surface area contributed by atoms with Crippen LogP contribution in [0.3, 0.4) is 0 Å². The molecule has 2 aliphatic heterocycles. The fourth-order valence-electron chi connectivity index (χ4n) is 7.96. The van der Waals surface area contributed by atoms with Gasteiger partial charge in [0, 0.05) is 37.2 Å². The SMILES string of the molecule is COc1ccc2c3c1O[C@@H]1[C@@]4(OC)C=C[C@@]5(C[C@@H]4[C@@H](C)OC)[C@@H](C2)N(C)CC[C@]315. The van der Waals surface area contributed by atoms with E-state index in [9.17, 15) is 0 Å². The summed E-state index contributed by atoms with van der Waals surface area (Å²) in [6.45, 7) is 3.26. The summed E-state index contributed by atoms with van der Waals surface area (Å²) >= 11 is 0. The average Bonchev–Trinajstić information content (AvgIpc) is 3.12. The van der Waals surface area contributed by atoms with Crippen LogP contribution in [0.2, 0.25) is 0 Å².